The summed E-state index contributed by atoms with van der Waals surface area (Å²) in [6, 6.07) is 3.95. The number of rotatable bonds is 4. The molecule has 3 rings (SSSR count). The second-order valence-corrected chi connectivity index (χ2v) is 6.15. The normalized spacial score (nSPS) is 23.1. The highest BCUT2D eigenvalue weighted by molar-refractivity contribution is 5.45. The Morgan fingerprint density at radius 2 is 1.95 bits per heavy atom. The number of anilines is 1. The molecule has 7 heteroatoms. The minimum absolute atomic E-state index is 0.309. The fraction of sp³-hybridized carbons (Fsp3) is 0.667. The molecule has 0 N–H and O–H groups in total. The predicted molar refractivity (Wildman–Crippen MR) is 85.2 cm³/mol. The van der Waals surface area contributed by atoms with Gasteiger partial charge in [-0.25, -0.2) is 0 Å². The number of likely N-dealkylation sites (N-methyl/N-ethyl adjacent to an activating group) is 1. The van der Waals surface area contributed by atoms with Crippen LogP contribution in [0.1, 0.15) is 19.7 Å². The van der Waals surface area contributed by atoms with Gasteiger partial charge in [-0.1, -0.05) is 0 Å². The second-order valence-electron chi connectivity index (χ2n) is 6.15. The van der Waals surface area contributed by atoms with Gasteiger partial charge in [-0.3, -0.25) is 4.90 Å². The van der Waals surface area contributed by atoms with E-state index in [-0.39, 0.29) is 0 Å². The number of fused-ring (bicyclic) bond motifs is 1. The summed E-state index contributed by atoms with van der Waals surface area (Å²) < 4.78 is 7.56. The number of morpholine rings is 1. The molecule has 0 aliphatic carbocycles. The van der Waals surface area contributed by atoms with Crippen molar-refractivity contribution in [2.75, 3.05) is 38.1 Å². The molecular formula is C15H24N6O. The Morgan fingerprint density at radius 3 is 2.68 bits per heavy atom. The Morgan fingerprint density at radius 1 is 1.23 bits per heavy atom. The molecule has 1 saturated heterocycles. The highest BCUT2D eigenvalue weighted by atomic mass is 16.5. The molecule has 3 heterocycles. The molecule has 22 heavy (non-hydrogen) atoms. The van der Waals surface area contributed by atoms with Crippen molar-refractivity contribution in [1.82, 2.24) is 24.7 Å². The van der Waals surface area contributed by atoms with E-state index in [0.717, 1.165) is 43.5 Å². The molecule has 7 nitrogen and oxygen atoms in total. The summed E-state index contributed by atoms with van der Waals surface area (Å²) in [5.74, 6) is 1.74. The maximum Gasteiger partial charge on any atom is 0.178 e. The lowest BCUT2D eigenvalue weighted by atomic mass is 10.2. The largest absolute Gasteiger partial charge is 0.373 e. The van der Waals surface area contributed by atoms with Gasteiger partial charge in [-0.15, -0.1) is 15.3 Å². The van der Waals surface area contributed by atoms with Crippen LogP contribution in [-0.4, -0.2) is 70.1 Å². The molecular weight excluding hydrogens is 280 g/mol. The molecule has 0 saturated carbocycles. The van der Waals surface area contributed by atoms with Gasteiger partial charge >= 0.3 is 0 Å². The van der Waals surface area contributed by atoms with Crippen molar-refractivity contribution >= 4 is 11.5 Å². The van der Waals surface area contributed by atoms with Crippen LogP contribution in [-0.2, 0) is 4.74 Å². The molecule has 0 unspecified atom stereocenters. The van der Waals surface area contributed by atoms with Crippen molar-refractivity contribution in [3.63, 3.8) is 0 Å². The molecule has 0 aromatic carbocycles. The average Bonchev–Trinajstić information content (AvgIpc) is 2.85. The van der Waals surface area contributed by atoms with Crippen molar-refractivity contribution < 1.29 is 4.74 Å². The lowest BCUT2D eigenvalue weighted by Crippen LogP contribution is -2.47. The average molecular weight is 304 g/mol. The highest BCUT2D eigenvalue weighted by Gasteiger charge is 2.22. The van der Waals surface area contributed by atoms with Crippen LogP contribution in [0.15, 0.2) is 12.1 Å². The first-order valence-electron chi connectivity index (χ1n) is 7.81. The van der Waals surface area contributed by atoms with Gasteiger partial charge in [-0.2, -0.15) is 4.52 Å². The zero-order valence-electron chi connectivity index (χ0n) is 13.7. The van der Waals surface area contributed by atoms with E-state index < -0.39 is 0 Å². The summed E-state index contributed by atoms with van der Waals surface area (Å²) in [5, 5.41) is 12.7. The Hall–Kier alpha value is -1.73. The first-order chi connectivity index (χ1) is 10.5. The van der Waals surface area contributed by atoms with Gasteiger partial charge in [0.2, 0.25) is 0 Å². The monoisotopic (exact) mass is 304 g/mol. The second kappa shape index (κ2) is 6.18. The summed E-state index contributed by atoms with van der Waals surface area (Å²) in [6.45, 7) is 10.1. The molecule has 2 atom stereocenters. The van der Waals surface area contributed by atoms with Crippen LogP contribution in [0.2, 0.25) is 0 Å². The van der Waals surface area contributed by atoms with E-state index in [0.29, 0.717) is 12.2 Å². The number of hydrogen-bond acceptors (Lipinski definition) is 6. The fourth-order valence-corrected chi connectivity index (χ4v) is 2.96. The van der Waals surface area contributed by atoms with E-state index in [9.17, 15) is 0 Å². The highest BCUT2D eigenvalue weighted by Crippen LogP contribution is 2.13. The van der Waals surface area contributed by atoms with E-state index in [1.807, 2.05) is 19.1 Å². The number of nitrogens with zero attached hydrogens (tertiary/aromatic N) is 6. The topological polar surface area (TPSA) is 58.8 Å². The van der Waals surface area contributed by atoms with Crippen LogP contribution in [0.3, 0.4) is 0 Å². The lowest BCUT2D eigenvalue weighted by Gasteiger charge is -2.36. The van der Waals surface area contributed by atoms with Crippen LogP contribution in [0.25, 0.3) is 5.65 Å². The Kier molecular flexibility index (Phi) is 4.26. The summed E-state index contributed by atoms with van der Waals surface area (Å²) in [7, 11) is 2.07. The van der Waals surface area contributed by atoms with Crippen molar-refractivity contribution in [3.8, 4) is 0 Å². The Balaban J connectivity index is 1.63. The van der Waals surface area contributed by atoms with Gasteiger partial charge in [-0.05, 0) is 32.9 Å². The Bertz CT molecular complexity index is 632. The summed E-state index contributed by atoms with van der Waals surface area (Å²) in [4.78, 5) is 4.63. The van der Waals surface area contributed by atoms with E-state index >= 15 is 0 Å². The third-order valence-corrected chi connectivity index (χ3v) is 4.04. The number of hydrogen-bond donors (Lipinski definition) is 0. The number of aryl methyl sites for hydroxylation is 1. The molecule has 1 aliphatic heterocycles. The lowest BCUT2D eigenvalue weighted by molar-refractivity contribution is -0.0670. The van der Waals surface area contributed by atoms with Gasteiger partial charge in [0.25, 0.3) is 0 Å². The number of ether oxygens (including phenoxy) is 1. The van der Waals surface area contributed by atoms with Crippen molar-refractivity contribution in [1.29, 1.82) is 0 Å². The minimum Gasteiger partial charge on any atom is -0.373 e. The van der Waals surface area contributed by atoms with Gasteiger partial charge in [0, 0.05) is 33.2 Å². The fourth-order valence-electron chi connectivity index (χ4n) is 2.96. The zero-order chi connectivity index (χ0) is 15.7. The van der Waals surface area contributed by atoms with Crippen LogP contribution < -0.4 is 4.90 Å². The predicted octanol–water partition coefficient (Wildman–Crippen LogP) is 0.978. The third kappa shape index (κ3) is 3.20. The van der Waals surface area contributed by atoms with Crippen LogP contribution in [0.5, 0.6) is 0 Å². The van der Waals surface area contributed by atoms with Crippen molar-refractivity contribution in [2.24, 2.45) is 0 Å². The first-order valence-corrected chi connectivity index (χ1v) is 7.81. The van der Waals surface area contributed by atoms with Crippen LogP contribution in [0, 0.1) is 6.92 Å². The van der Waals surface area contributed by atoms with Crippen molar-refractivity contribution in [3.05, 3.63) is 18.0 Å². The molecule has 2 aromatic heterocycles. The smallest absolute Gasteiger partial charge is 0.178 e. The van der Waals surface area contributed by atoms with E-state index in [4.69, 9.17) is 4.74 Å². The van der Waals surface area contributed by atoms with E-state index in [1.165, 1.54) is 0 Å². The molecule has 0 spiro atoms. The van der Waals surface area contributed by atoms with Crippen LogP contribution in [0.4, 0.5) is 5.82 Å². The van der Waals surface area contributed by atoms with E-state index in [1.54, 1.807) is 4.52 Å². The maximum absolute atomic E-state index is 5.78. The molecule has 0 bridgehead atoms. The first kappa shape index (κ1) is 15.2. The molecule has 1 fully saturated rings. The van der Waals surface area contributed by atoms with Gasteiger partial charge in [0.05, 0.1) is 12.2 Å². The van der Waals surface area contributed by atoms with Gasteiger partial charge in [0.1, 0.15) is 5.82 Å². The number of aromatic nitrogens is 4. The molecule has 1 aliphatic rings. The van der Waals surface area contributed by atoms with Crippen LogP contribution >= 0.6 is 0 Å². The quantitative estimate of drug-likeness (QED) is 0.839. The van der Waals surface area contributed by atoms with Crippen molar-refractivity contribution in [2.45, 2.75) is 33.0 Å². The summed E-state index contributed by atoms with van der Waals surface area (Å²) in [6.07, 6.45) is 0.617. The molecule has 0 radical (unpaired) electrons. The minimum atomic E-state index is 0.309. The molecule has 2 aromatic rings. The summed E-state index contributed by atoms with van der Waals surface area (Å²) >= 11 is 0. The molecule has 0 amide bonds. The van der Waals surface area contributed by atoms with Gasteiger partial charge in [0.15, 0.2) is 11.5 Å². The maximum atomic E-state index is 5.78. The third-order valence-electron chi connectivity index (χ3n) is 4.04. The SMILES string of the molecule is Cc1nnc2ccc(N(C)CCN3C[C@@H](C)O[C@@H](C)C3)nn12. The zero-order valence-corrected chi connectivity index (χ0v) is 13.7. The Labute approximate surface area is 130 Å². The standard InChI is InChI=1S/C15H24N6O/c1-11-9-20(10-12(2)22-11)8-7-19(4)15-6-5-14-17-16-13(3)21(14)18-15/h5-6,11-12H,7-10H2,1-4H3/t11-,12+. The summed E-state index contributed by atoms with van der Waals surface area (Å²) in [5.41, 5.74) is 0.783. The molecule has 120 valence electrons. The van der Waals surface area contributed by atoms with E-state index in [2.05, 4.69) is 46.0 Å². The van der Waals surface area contributed by atoms with Gasteiger partial charge < -0.3 is 9.64 Å².